The molecule has 0 bridgehead atoms. The average Bonchev–Trinajstić information content (AvgIpc) is 2.54. The Morgan fingerprint density at radius 3 is 2.59 bits per heavy atom. The Labute approximate surface area is 132 Å². The highest BCUT2D eigenvalue weighted by molar-refractivity contribution is 5.79. The largest absolute Gasteiger partial charge is 0.486 e. The van der Waals surface area contributed by atoms with Crippen LogP contribution in [0.4, 0.5) is 0 Å². The van der Waals surface area contributed by atoms with Crippen LogP contribution in [0.1, 0.15) is 56.7 Å². The zero-order valence-electron chi connectivity index (χ0n) is 13.5. The summed E-state index contributed by atoms with van der Waals surface area (Å²) in [5, 5.41) is 3.25. The summed E-state index contributed by atoms with van der Waals surface area (Å²) in [6.45, 7) is 5.35. The van der Waals surface area contributed by atoms with Crippen molar-refractivity contribution in [3.8, 4) is 11.5 Å². The van der Waals surface area contributed by atoms with Crippen LogP contribution in [0.2, 0.25) is 0 Å². The third kappa shape index (κ3) is 2.92. The predicted molar refractivity (Wildman–Crippen MR) is 85.3 cm³/mol. The summed E-state index contributed by atoms with van der Waals surface area (Å²) < 4.78 is 11.4. The fourth-order valence-electron chi connectivity index (χ4n) is 3.44. The van der Waals surface area contributed by atoms with E-state index in [2.05, 4.69) is 31.3 Å². The monoisotopic (exact) mass is 303 g/mol. The van der Waals surface area contributed by atoms with Crippen molar-refractivity contribution in [2.75, 3.05) is 13.2 Å². The summed E-state index contributed by atoms with van der Waals surface area (Å²) in [4.78, 5) is 12.4. The molecule has 4 heteroatoms. The van der Waals surface area contributed by atoms with Gasteiger partial charge in [0, 0.05) is 5.92 Å². The van der Waals surface area contributed by atoms with E-state index < -0.39 is 0 Å². The van der Waals surface area contributed by atoms with E-state index in [4.69, 9.17) is 9.47 Å². The summed E-state index contributed by atoms with van der Waals surface area (Å²) >= 11 is 0. The maximum atomic E-state index is 12.4. The quantitative estimate of drug-likeness (QED) is 0.927. The van der Waals surface area contributed by atoms with Crippen LogP contribution in [0.5, 0.6) is 11.5 Å². The molecule has 1 aliphatic heterocycles. The number of aryl methyl sites for hydroxylation is 1. The molecule has 4 nitrogen and oxygen atoms in total. The second-order valence-corrected chi connectivity index (χ2v) is 6.16. The Morgan fingerprint density at radius 1 is 1.23 bits per heavy atom. The normalized spacial score (nSPS) is 19.7. The average molecular weight is 303 g/mol. The van der Waals surface area contributed by atoms with Crippen LogP contribution in [-0.4, -0.2) is 19.1 Å². The minimum atomic E-state index is 0.104. The fraction of sp³-hybridized carbons (Fsp3) is 0.611. The molecule has 1 unspecified atom stereocenters. The van der Waals surface area contributed by atoms with Gasteiger partial charge in [-0.05, 0) is 55.4 Å². The number of carbonyl (C=O) groups excluding carboxylic acids is 1. The van der Waals surface area contributed by atoms with Crippen LogP contribution in [0.3, 0.4) is 0 Å². The first kappa shape index (κ1) is 15.2. The summed E-state index contributed by atoms with van der Waals surface area (Å²) in [6, 6.07) is 4.27. The molecule has 120 valence electrons. The van der Waals surface area contributed by atoms with E-state index in [0.717, 1.165) is 43.6 Å². The molecule has 0 spiro atoms. The smallest absolute Gasteiger partial charge is 0.223 e. The molecule has 0 radical (unpaired) electrons. The third-order valence-electron chi connectivity index (χ3n) is 4.79. The molecule has 0 fully saturated rings. The Morgan fingerprint density at radius 2 is 1.91 bits per heavy atom. The van der Waals surface area contributed by atoms with Gasteiger partial charge in [0.1, 0.15) is 13.2 Å². The zero-order valence-corrected chi connectivity index (χ0v) is 13.5. The predicted octanol–water partition coefficient (Wildman–Crippen LogP) is 3.39. The number of carbonyl (C=O) groups is 1. The van der Waals surface area contributed by atoms with Crippen LogP contribution in [0.25, 0.3) is 0 Å². The number of nitrogens with one attached hydrogen (secondary N) is 1. The Balaban J connectivity index is 1.83. The number of hydrogen-bond donors (Lipinski definition) is 1. The third-order valence-corrected chi connectivity index (χ3v) is 4.79. The van der Waals surface area contributed by atoms with Gasteiger partial charge in [0.15, 0.2) is 11.5 Å². The highest BCUT2D eigenvalue weighted by atomic mass is 16.6. The Bertz CT molecular complexity index is 552. The number of rotatable bonds is 4. The Kier molecular flexibility index (Phi) is 4.55. The highest BCUT2D eigenvalue weighted by Crippen LogP contribution is 2.39. The molecule has 0 saturated heterocycles. The van der Waals surface area contributed by atoms with E-state index >= 15 is 0 Å². The first-order valence-electron chi connectivity index (χ1n) is 8.45. The van der Waals surface area contributed by atoms with Crippen molar-refractivity contribution in [2.45, 2.75) is 52.0 Å². The van der Waals surface area contributed by atoms with Gasteiger partial charge in [-0.25, -0.2) is 0 Å². The molecular weight excluding hydrogens is 278 g/mol. The molecule has 1 atom stereocenters. The number of benzene rings is 1. The van der Waals surface area contributed by atoms with Crippen molar-refractivity contribution in [2.24, 2.45) is 5.92 Å². The van der Waals surface area contributed by atoms with Gasteiger partial charge in [-0.2, -0.15) is 0 Å². The van der Waals surface area contributed by atoms with E-state index in [-0.39, 0.29) is 17.9 Å². The molecule has 2 aliphatic rings. The van der Waals surface area contributed by atoms with Crippen LogP contribution in [0, 0.1) is 5.92 Å². The molecule has 22 heavy (non-hydrogen) atoms. The summed E-state index contributed by atoms with van der Waals surface area (Å²) in [7, 11) is 0. The molecule has 0 saturated carbocycles. The van der Waals surface area contributed by atoms with Gasteiger partial charge in [0.2, 0.25) is 5.91 Å². The molecule has 1 N–H and O–H groups in total. The van der Waals surface area contributed by atoms with E-state index in [1.807, 2.05) is 0 Å². The lowest BCUT2D eigenvalue weighted by Gasteiger charge is -2.30. The minimum Gasteiger partial charge on any atom is -0.486 e. The van der Waals surface area contributed by atoms with Crippen molar-refractivity contribution in [1.82, 2.24) is 5.32 Å². The van der Waals surface area contributed by atoms with Crippen molar-refractivity contribution in [1.29, 1.82) is 0 Å². The highest BCUT2D eigenvalue weighted by Gasteiger charge is 2.27. The van der Waals surface area contributed by atoms with Crippen LogP contribution >= 0.6 is 0 Å². The lowest BCUT2D eigenvalue weighted by molar-refractivity contribution is -0.126. The topological polar surface area (TPSA) is 47.6 Å². The van der Waals surface area contributed by atoms with E-state index in [1.54, 1.807) is 0 Å². The number of ether oxygens (including phenoxy) is 2. The lowest BCUT2D eigenvalue weighted by Crippen LogP contribution is -2.35. The number of amides is 1. The molecule has 1 aromatic carbocycles. The van der Waals surface area contributed by atoms with Gasteiger partial charge in [-0.15, -0.1) is 0 Å². The summed E-state index contributed by atoms with van der Waals surface area (Å²) in [5.74, 6) is 1.95. The van der Waals surface area contributed by atoms with Gasteiger partial charge in [0.05, 0.1) is 6.04 Å². The Hall–Kier alpha value is -1.71. The molecule has 0 aromatic heterocycles. The molecule has 1 aromatic rings. The first-order valence-corrected chi connectivity index (χ1v) is 8.45. The molecular formula is C18H25NO3. The van der Waals surface area contributed by atoms with Gasteiger partial charge in [0.25, 0.3) is 0 Å². The maximum Gasteiger partial charge on any atom is 0.223 e. The van der Waals surface area contributed by atoms with E-state index in [1.165, 1.54) is 11.1 Å². The number of fused-ring (bicyclic) bond motifs is 2. The number of hydrogen-bond acceptors (Lipinski definition) is 3. The van der Waals surface area contributed by atoms with Crippen molar-refractivity contribution in [3.63, 3.8) is 0 Å². The van der Waals surface area contributed by atoms with Gasteiger partial charge in [-0.3, -0.25) is 4.79 Å². The summed E-state index contributed by atoms with van der Waals surface area (Å²) in [5.41, 5.74) is 2.49. The first-order chi connectivity index (χ1) is 10.7. The second-order valence-electron chi connectivity index (χ2n) is 6.16. The van der Waals surface area contributed by atoms with E-state index in [0.29, 0.717) is 13.2 Å². The van der Waals surface area contributed by atoms with Crippen LogP contribution in [0.15, 0.2) is 12.1 Å². The zero-order chi connectivity index (χ0) is 15.5. The standard InChI is InChI=1S/C18H25NO3/c1-3-12(4-2)18(20)19-15-7-5-6-13-10-16-17(11-14(13)15)22-9-8-21-16/h10-12,15H,3-9H2,1-2H3,(H,19,20). The van der Waals surface area contributed by atoms with E-state index in [9.17, 15) is 4.79 Å². The van der Waals surface area contributed by atoms with Gasteiger partial charge in [-0.1, -0.05) is 13.8 Å². The maximum absolute atomic E-state index is 12.4. The SMILES string of the molecule is CCC(CC)C(=O)NC1CCCc2cc3c(cc21)OCCO3. The van der Waals surface area contributed by atoms with Gasteiger partial charge >= 0.3 is 0 Å². The fourth-order valence-corrected chi connectivity index (χ4v) is 3.44. The summed E-state index contributed by atoms with van der Waals surface area (Å²) in [6.07, 6.45) is 4.93. The van der Waals surface area contributed by atoms with Crippen molar-refractivity contribution >= 4 is 5.91 Å². The second kappa shape index (κ2) is 6.59. The van der Waals surface area contributed by atoms with Crippen LogP contribution in [-0.2, 0) is 11.2 Å². The molecule has 1 heterocycles. The lowest BCUT2D eigenvalue weighted by atomic mass is 9.86. The molecule has 3 rings (SSSR count). The van der Waals surface area contributed by atoms with Gasteiger partial charge < -0.3 is 14.8 Å². The van der Waals surface area contributed by atoms with Crippen molar-refractivity contribution in [3.05, 3.63) is 23.3 Å². The minimum absolute atomic E-state index is 0.104. The van der Waals surface area contributed by atoms with Crippen molar-refractivity contribution < 1.29 is 14.3 Å². The molecule has 1 amide bonds. The molecule has 1 aliphatic carbocycles. The van der Waals surface area contributed by atoms with Crippen LogP contribution < -0.4 is 14.8 Å².